The molecule has 0 aliphatic heterocycles. The number of carbonyl (C=O) groups is 2. The van der Waals surface area contributed by atoms with Gasteiger partial charge in [-0.1, -0.05) is 60.7 Å². The molecule has 0 radical (unpaired) electrons. The summed E-state index contributed by atoms with van der Waals surface area (Å²) in [5.41, 5.74) is 1.82. The van der Waals surface area contributed by atoms with Crippen LogP contribution in [0.3, 0.4) is 0 Å². The van der Waals surface area contributed by atoms with Gasteiger partial charge in [-0.05, 0) is 27.2 Å². The van der Waals surface area contributed by atoms with Gasteiger partial charge >= 0.3 is 11.9 Å². The molecule has 2 rings (SSSR count). The van der Waals surface area contributed by atoms with Crippen LogP contribution in [-0.2, 0) is 19.1 Å². The topological polar surface area (TPSA) is 65.0 Å². The van der Waals surface area contributed by atoms with Gasteiger partial charge in [-0.3, -0.25) is 9.79 Å². The van der Waals surface area contributed by atoms with Crippen LogP contribution in [0.15, 0.2) is 65.7 Å². The Hall–Kier alpha value is -2.95. The summed E-state index contributed by atoms with van der Waals surface area (Å²) in [5, 5.41) is 0. The van der Waals surface area contributed by atoms with Gasteiger partial charge in [-0.25, -0.2) is 4.79 Å². The molecule has 0 saturated carbocycles. The second kappa shape index (κ2) is 9.83. The average Bonchev–Trinajstić information content (AvgIpc) is 2.67. The van der Waals surface area contributed by atoms with Crippen LogP contribution in [0.1, 0.15) is 44.7 Å². The summed E-state index contributed by atoms with van der Waals surface area (Å²) in [4.78, 5) is 29.1. The maximum atomic E-state index is 12.8. The molecule has 2 aromatic rings. The van der Waals surface area contributed by atoms with Gasteiger partial charge in [0.15, 0.2) is 0 Å². The number of benzene rings is 2. The van der Waals surface area contributed by atoms with Crippen molar-refractivity contribution < 1.29 is 19.1 Å². The highest BCUT2D eigenvalue weighted by Gasteiger charge is 2.26. The standard InChI is InChI=1S/C23H27NO4/c1-23(2,3)28-22(26)19(15-16-20(25)27-4)24-21(17-11-7-5-8-12-17)18-13-9-6-10-14-18/h5-14,19H,15-16H2,1-4H3/t19-/m0/s1. The Kier molecular flexibility index (Phi) is 7.50. The quantitative estimate of drug-likeness (QED) is 0.533. The molecule has 5 nitrogen and oxygen atoms in total. The molecule has 0 aliphatic carbocycles. The van der Waals surface area contributed by atoms with Crippen LogP contribution in [0, 0.1) is 0 Å². The van der Waals surface area contributed by atoms with Gasteiger partial charge in [0, 0.05) is 17.5 Å². The Morgan fingerprint density at radius 3 is 1.86 bits per heavy atom. The third kappa shape index (κ3) is 6.65. The fourth-order valence-electron chi connectivity index (χ4n) is 2.63. The number of rotatable bonds is 7. The van der Waals surface area contributed by atoms with Crippen LogP contribution in [-0.4, -0.2) is 36.4 Å². The summed E-state index contributed by atoms with van der Waals surface area (Å²) >= 11 is 0. The Bertz CT molecular complexity index is 766. The summed E-state index contributed by atoms with van der Waals surface area (Å²) in [6.07, 6.45) is 0.297. The van der Waals surface area contributed by atoms with Crippen LogP contribution >= 0.6 is 0 Å². The molecule has 0 fully saturated rings. The minimum Gasteiger partial charge on any atom is -0.469 e. The summed E-state index contributed by atoms with van der Waals surface area (Å²) in [7, 11) is 1.33. The summed E-state index contributed by atoms with van der Waals surface area (Å²) in [6.45, 7) is 5.42. The maximum absolute atomic E-state index is 12.8. The van der Waals surface area contributed by atoms with Crippen molar-refractivity contribution in [3.05, 3.63) is 71.8 Å². The van der Waals surface area contributed by atoms with E-state index in [4.69, 9.17) is 14.5 Å². The zero-order valence-corrected chi connectivity index (χ0v) is 16.8. The molecule has 1 atom stereocenters. The smallest absolute Gasteiger partial charge is 0.331 e. The highest BCUT2D eigenvalue weighted by atomic mass is 16.6. The van der Waals surface area contributed by atoms with E-state index in [0.29, 0.717) is 5.71 Å². The third-order valence-electron chi connectivity index (χ3n) is 3.91. The average molecular weight is 381 g/mol. The predicted molar refractivity (Wildman–Crippen MR) is 109 cm³/mol. The second-order valence-electron chi connectivity index (χ2n) is 7.37. The van der Waals surface area contributed by atoms with Gasteiger partial charge in [0.05, 0.1) is 12.8 Å². The molecule has 148 valence electrons. The van der Waals surface area contributed by atoms with Crippen molar-refractivity contribution in [1.82, 2.24) is 0 Å². The van der Waals surface area contributed by atoms with Crippen LogP contribution in [0.4, 0.5) is 0 Å². The molecule has 0 amide bonds. The minimum atomic E-state index is -0.811. The van der Waals surface area contributed by atoms with Crippen molar-refractivity contribution in [3.8, 4) is 0 Å². The number of ether oxygens (including phenoxy) is 2. The first kappa shape index (κ1) is 21.4. The zero-order chi connectivity index (χ0) is 20.6. The Morgan fingerprint density at radius 1 is 0.929 bits per heavy atom. The molecule has 0 saturated heterocycles. The molecule has 0 bridgehead atoms. The number of hydrogen-bond acceptors (Lipinski definition) is 5. The van der Waals surface area contributed by atoms with E-state index >= 15 is 0 Å². The fourth-order valence-corrected chi connectivity index (χ4v) is 2.63. The third-order valence-corrected chi connectivity index (χ3v) is 3.91. The Labute approximate surface area is 166 Å². The SMILES string of the molecule is COC(=O)CC[C@H](N=C(c1ccccc1)c1ccccc1)C(=O)OC(C)(C)C. The molecule has 0 aliphatic rings. The zero-order valence-electron chi connectivity index (χ0n) is 16.8. The van der Waals surface area contributed by atoms with E-state index in [-0.39, 0.29) is 18.8 Å². The molecule has 0 N–H and O–H groups in total. The highest BCUT2D eigenvalue weighted by Crippen LogP contribution is 2.17. The van der Waals surface area contributed by atoms with E-state index in [1.807, 2.05) is 60.7 Å². The lowest BCUT2D eigenvalue weighted by molar-refractivity contribution is -0.156. The first-order valence-electron chi connectivity index (χ1n) is 9.28. The molecule has 0 heterocycles. The number of aliphatic imine (C=N–C) groups is 1. The summed E-state index contributed by atoms with van der Waals surface area (Å²) in [5.74, 6) is -0.842. The van der Waals surface area contributed by atoms with E-state index in [2.05, 4.69) is 0 Å². The normalized spacial score (nSPS) is 12.0. The van der Waals surface area contributed by atoms with E-state index in [1.54, 1.807) is 20.8 Å². The molecule has 0 spiro atoms. The van der Waals surface area contributed by atoms with Crippen molar-refractivity contribution in [1.29, 1.82) is 0 Å². The van der Waals surface area contributed by atoms with Gasteiger partial charge < -0.3 is 9.47 Å². The molecule has 2 aromatic carbocycles. The van der Waals surface area contributed by atoms with Crippen LogP contribution in [0.25, 0.3) is 0 Å². The highest BCUT2D eigenvalue weighted by molar-refractivity contribution is 6.13. The maximum Gasteiger partial charge on any atom is 0.331 e. The number of hydrogen-bond donors (Lipinski definition) is 0. The van der Waals surface area contributed by atoms with Crippen molar-refractivity contribution in [2.75, 3.05) is 7.11 Å². The number of carbonyl (C=O) groups excluding carboxylic acids is 2. The van der Waals surface area contributed by atoms with Crippen molar-refractivity contribution in [2.45, 2.75) is 45.3 Å². The molecule has 5 heteroatoms. The van der Waals surface area contributed by atoms with E-state index < -0.39 is 17.6 Å². The van der Waals surface area contributed by atoms with E-state index in [0.717, 1.165) is 11.1 Å². The Morgan fingerprint density at radius 2 is 1.43 bits per heavy atom. The van der Waals surface area contributed by atoms with Crippen LogP contribution in [0.5, 0.6) is 0 Å². The molecule has 28 heavy (non-hydrogen) atoms. The van der Waals surface area contributed by atoms with Crippen LogP contribution < -0.4 is 0 Å². The van der Waals surface area contributed by atoms with Crippen molar-refractivity contribution >= 4 is 17.7 Å². The van der Waals surface area contributed by atoms with Gasteiger partial charge in [0.25, 0.3) is 0 Å². The lowest BCUT2D eigenvalue weighted by atomic mass is 10.0. The number of nitrogens with zero attached hydrogens (tertiary/aromatic N) is 1. The van der Waals surface area contributed by atoms with E-state index in [9.17, 15) is 9.59 Å². The summed E-state index contributed by atoms with van der Waals surface area (Å²) < 4.78 is 10.3. The first-order valence-corrected chi connectivity index (χ1v) is 9.28. The van der Waals surface area contributed by atoms with Gasteiger partial charge in [-0.2, -0.15) is 0 Å². The van der Waals surface area contributed by atoms with E-state index in [1.165, 1.54) is 7.11 Å². The van der Waals surface area contributed by atoms with Gasteiger partial charge in [0.2, 0.25) is 0 Å². The van der Waals surface area contributed by atoms with Crippen molar-refractivity contribution in [2.24, 2.45) is 4.99 Å². The minimum absolute atomic E-state index is 0.0841. The molecule has 0 aromatic heterocycles. The molecular weight excluding hydrogens is 354 g/mol. The first-order chi connectivity index (χ1) is 13.3. The largest absolute Gasteiger partial charge is 0.469 e. The predicted octanol–water partition coefficient (Wildman–Crippen LogP) is 4.19. The molecular formula is C23H27NO4. The van der Waals surface area contributed by atoms with Gasteiger partial charge in [-0.15, -0.1) is 0 Å². The molecule has 0 unspecified atom stereocenters. The summed E-state index contributed by atoms with van der Waals surface area (Å²) in [6, 6.07) is 18.5. The lowest BCUT2D eigenvalue weighted by Gasteiger charge is -2.23. The lowest BCUT2D eigenvalue weighted by Crippen LogP contribution is -2.32. The number of methoxy groups -OCH3 is 1. The number of esters is 2. The van der Waals surface area contributed by atoms with Crippen LogP contribution in [0.2, 0.25) is 0 Å². The Balaban J connectivity index is 2.44. The second-order valence-corrected chi connectivity index (χ2v) is 7.37. The van der Waals surface area contributed by atoms with Gasteiger partial charge in [0.1, 0.15) is 11.6 Å². The fraction of sp³-hybridized carbons (Fsp3) is 0.348. The van der Waals surface area contributed by atoms with Crippen molar-refractivity contribution in [3.63, 3.8) is 0 Å². The monoisotopic (exact) mass is 381 g/mol.